The predicted molar refractivity (Wildman–Crippen MR) is 58.7 cm³/mol. The fourth-order valence-corrected chi connectivity index (χ4v) is 1.58. The van der Waals surface area contributed by atoms with Crippen molar-refractivity contribution in [3.8, 4) is 11.3 Å². The summed E-state index contributed by atoms with van der Waals surface area (Å²) in [5.74, 6) is -1.65. The van der Waals surface area contributed by atoms with Crippen LogP contribution in [-0.4, -0.2) is 22.4 Å². The molecule has 0 aliphatic heterocycles. The molecule has 0 bridgehead atoms. The van der Waals surface area contributed by atoms with E-state index in [0.29, 0.717) is 5.56 Å². The Morgan fingerprint density at radius 1 is 1.32 bits per heavy atom. The molecule has 0 fully saturated rings. The number of rotatable bonds is 3. The standard InChI is InChI=1S/C12H8F3NO3/c13-12(14,15)6-7-2-1-3-8(4-7)9-5-10(11(17)18)19-16-9/h1-5H,6H2,(H,17,18). The highest BCUT2D eigenvalue weighted by molar-refractivity contribution is 5.85. The first-order valence-electron chi connectivity index (χ1n) is 5.21. The van der Waals surface area contributed by atoms with Crippen LogP contribution < -0.4 is 0 Å². The Morgan fingerprint density at radius 3 is 2.63 bits per heavy atom. The van der Waals surface area contributed by atoms with Gasteiger partial charge in [-0.1, -0.05) is 23.4 Å². The van der Waals surface area contributed by atoms with Crippen LogP contribution in [0.15, 0.2) is 34.9 Å². The topological polar surface area (TPSA) is 63.3 Å². The van der Waals surface area contributed by atoms with E-state index < -0.39 is 18.6 Å². The van der Waals surface area contributed by atoms with Crippen molar-refractivity contribution < 1.29 is 27.6 Å². The van der Waals surface area contributed by atoms with Gasteiger partial charge in [0.2, 0.25) is 5.76 Å². The fraction of sp³-hybridized carbons (Fsp3) is 0.167. The molecule has 0 unspecified atom stereocenters. The number of nitrogens with zero attached hydrogens (tertiary/aromatic N) is 1. The van der Waals surface area contributed by atoms with Gasteiger partial charge in [0.1, 0.15) is 5.69 Å². The molecular weight excluding hydrogens is 263 g/mol. The van der Waals surface area contributed by atoms with Crippen LogP contribution >= 0.6 is 0 Å². The Balaban J connectivity index is 2.29. The summed E-state index contributed by atoms with van der Waals surface area (Å²) in [4.78, 5) is 10.6. The van der Waals surface area contributed by atoms with Crippen LogP contribution in [0.3, 0.4) is 0 Å². The van der Waals surface area contributed by atoms with E-state index in [1.165, 1.54) is 24.3 Å². The number of aromatic carboxylic acids is 1. The predicted octanol–water partition coefficient (Wildman–Crippen LogP) is 3.14. The maximum absolute atomic E-state index is 12.3. The number of hydrogen-bond donors (Lipinski definition) is 1. The molecule has 100 valence electrons. The molecular formula is C12H8F3NO3. The quantitative estimate of drug-likeness (QED) is 0.931. The van der Waals surface area contributed by atoms with Crippen LogP contribution in [0.5, 0.6) is 0 Å². The van der Waals surface area contributed by atoms with Gasteiger partial charge < -0.3 is 9.63 Å². The summed E-state index contributed by atoms with van der Waals surface area (Å²) < 4.78 is 41.4. The van der Waals surface area contributed by atoms with Crippen molar-refractivity contribution in [2.75, 3.05) is 0 Å². The summed E-state index contributed by atoms with van der Waals surface area (Å²) >= 11 is 0. The lowest BCUT2D eigenvalue weighted by Crippen LogP contribution is -2.11. The number of aromatic nitrogens is 1. The van der Waals surface area contributed by atoms with Gasteiger partial charge >= 0.3 is 12.1 Å². The SMILES string of the molecule is O=C(O)c1cc(-c2cccc(CC(F)(F)F)c2)no1. The number of halogens is 3. The summed E-state index contributed by atoms with van der Waals surface area (Å²) in [7, 11) is 0. The number of carbonyl (C=O) groups is 1. The Kier molecular flexibility index (Phi) is 3.28. The number of carboxylic acids is 1. The van der Waals surface area contributed by atoms with Crippen LogP contribution in [0.4, 0.5) is 13.2 Å². The van der Waals surface area contributed by atoms with Gasteiger partial charge in [-0.3, -0.25) is 0 Å². The van der Waals surface area contributed by atoms with Gasteiger partial charge in [-0.25, -0.2) is 4.79 Å². The van der Waals surface area contributed by atoms with E-state index in [-0.39, 0.29) is 17.0 Å². The number of carboxylic acid groups (broad SMARTS) is 1. The first-order valence-corrected chi connectivity index (χ1v) is 5.21. The average Bonchev–Trinajstić information content (AvgIpc) is 2.76. The Hall–Kier alpha value is -2.31. The molecule has 0 aliphatic rings. The second-order valence-corrected chi connectivity index (χ2v) is 3.87. The largest absolute Gasteiger partial charge is 0.475 e. The number of hydrogen-bond acceptors (Lipinski definition) is 3. The molecule has 0 aliphatic carbocycles. The third-order valence-electron chi connectivity index (χ3n) is 2.35. The minimum Gasteiger partial charge on any atom is -0.475 e. The van der Waals surface area contributed by atoms with Gasteiger partial charge in [0.25, 0.3) is 0 Å². The van der Waals surface area contributed by atoms with Gasteiger partial charge in [-0.2, -0.15) is 13.2 Å². The first kappa shape index (κ1) is 13.1. The average molecular weight is 271 g/mol. The zero-order valence-electron chi connectivity index (χ0n) is 9.44. The summed E-state index contributed by atoms with van der Waals surface area (Å²) in [5.41, 5.74) is 0.629. The van der Waals surface area contributed by atoms with Crippen LogP contribution in [-0.2, 0) is 6.42 Å². The molecule has 0 saturated carbocycles. The molecule has 1 aromatic carbocycles. The highest BCUT2D eigenvalue weighted by atomic mass is 19.4. The summed E-state index contributed by atoms with van der Waals surface area (Å²) in [6, 6.07) is 6.79. The van der Waals surface area contributed by atoms with Gasteiger partial charge in [0, 0.05) is 11.6 Å². The lowest BCUT2D eigenvalue weighted by atomic mass is 10.1. The lowest BCUT2D eigenvalue weighted by Gasteiger charge is -2.06. The van der Waals surface area contributed by atoms with Crippen molar-refractivity contribution in [3.05, 3.63) is 41.7 Å². The molecule has 4 nitrogen and oxygen atoms in total. The minimum atomic E-state index is -4.30. The van der Waals surface area contributed by atoms with E-state index in [0.717, 1.165) is 6.07 Å². The van der Waals surface area contributed by atoms with Gasteiger partial charge in [-0.05, 0) is 11.6 Å². The van der Waals surface area contributed by atoms with E-state index in [1.807, 2.05) is 0 Å². The summed E-state index contributed by atoms with van der Waals surface area (Å²) in [5, 5.41) is 12.2. The van der Waals surface area contributed by atoms with Gasteiger partial charge in [0.05, 0.1) is 6.42 Å². The van der Waals surface area contributed by atoms with Crippen molar-refractivity contribution in [1.82, 2.24) is 5.16 Å². The van der Waals surface area contributed by atoms with Crippen LogP contribution in [0.2, 0.25) is 0 Å². The molecule has 0 radical (unpaired) electrons. The van der Waals surface area contributed by atoms with Crippen LogP contribution in [0.1, 0.15) is 16.1 Å². The van der Waals surface area contributed by atoms with Crippen molar-refractivity contribution in [2.45, 2.75) is 12.6 Å². The maximum atomic E-state index is 12.3. The van der Waals surface area contributed by atoms with Gasteiger partial charge in [-0.15, -0.1) is 0 Å². The number of benzene rings is 1. The molecule has 1 N–H and O–H groups in total. The summed E-state index contributed by atoms with van der Waals surface area (Å²) in [6.45, 7) is 0. The fourth-order valence-electron chi connectivity index (χ4n) is 1.58. The van der Waals surface area contributed by atoms with Crippen LogP contribution in [0.25, 0.3) is 11.3 Å². The molecule has 2 rings (SSSR count). The van der Waals surface area contributed by atoms with E-state index in [1.54, 1.807) is 0 Å². The first-order chi connectivity index (χ1) is 8.85. The zero-order chi connectivity index (χ0) is 14.0. The molecule has 1 heterocycles. The lowest BCUT2D eigenvalue weighted by molar-refractivity contribution is -0.127. The molecule has 19 heavy (non-hydrogen) atoms. The van der Waals surface area contributed by atoms with Crippen molar-refractivity contribution in [1.29, 1.82) is 0 Å². The second-order valence-electron chi connectivity index (χ2n) is 3.87. The van der Waals surface area contributed by atoms with Crippen LogP contribution in [0, 0.1) is 0 Å². The summed E-state index contributed by atoms with van der Waals surface area (Å²) in [6.07, 6.45) is -5.35. The normalized spacial score (nSPS) is 11.5. The molecule has 0 saturated heterocycles. The monoisotopic (exact) mass is 271 g/mol. The molecule has 2 aromatic rings. The third-order valence-corrected chi connectivity index (χ3v) is 2.35. The van der Waals surface area contributed by atoms with E-state index in [9.17, 15) is 18.0 Å². The van der Waals surface area contributed by atoms with Crippen molar-refractivity contribution in [2.24, 2.45) is 0 Å². The molecule has 7 heteroatoms. The third kappa shape index (κ3) is 3.34. The molecule has 0 spiro atoms. The molecule has 0 amide bonds. The second kappa shape index (κ2) is 4.75. The van der Waals surface area contributed by atoms with Crippen molar-refractivity contribution >= 4 is 5.97 Å². The molecule has 1 aromatic heterocycles. The highest BCUT2D eigenvalue weighted by Gasteiger charge is 2.27. The number of alkyl halides is 3. The maximum Gasteiger partial charge on any atom is 0.393 e. The van der Waals surface area contributed by atoms with Gasteiger partial charge in [0.15, 0.2) is 0 Å². The van der Waals surface area contributed by atoms with E-state index in [2.05, 4.69) is 9.68 Å². The minimum absolute atomic E-state index is 0.0740. The van der Waals surface area contributed by atoms with E-state index in [4.69, 9.17) is 5.11 Å². The zero-order valence-corrected chi connectivity index (χ0v) is 9.44. The van der Waals surface area contributed by atoms with Crippen molar-refractivity contribution in [3.63, 3.8) is 0 Å². The Bertz CT molecular complexity index is 604. The Labute approximate surface area is 105 Å². The molecule has 0 atom stereocenters. The Morgan fingerprint density at radius 2 is 2.05 bits per heavy atom. The smallest absolute Gasteiger partial charge is 0.393 e. The van der Waals surface area contributed by atoms with E-state index >= 15 is 0 Å². The highest BCUT2D eigenvalue weighted by Crippen LogP contribution is 2.25.